The predicted molar refractivity (Wildman–Crippen MR) is 117 cm³/mol. The number of hydrogen-bond acceptors (Lipinski definition) is 1. The lowest BCUT2D eigenvalue weighted by Gasteiger charge is -2.32. The fourth-order valence-corrected chi connectivity index (χ4v) is 5.45. The van der Waals surface area contributed by atoms with Crippen LogP contribution in [0.1, 0.15) is 110 Å². The Hall–Kier alpha value is -0.790. The van der Waals surface area contributed by atoms with Gasteiger partial charge >= 0.3 is 0 Å². The van der Waals surface area contributed by atoms with Gasteiger partial charge in [0.1, 0.15) is 0 Å². The number of amides is 1. The summed E-state index contributed by atoms with van der Waals surface area (Å²) in [5.41, 5.74) is 0. The van der Waals surface area contributed by atoms with E-state index in [-0.39, 0.29) is 5.91 Å². The fraction of sp³-hybridized carbons (Fsp3) is 0.880. The summed E-state index contributed by atoms with van der Waals surface area (Å²) in [5, 5.41) is 2.90. The first kappa shape index (κ1) is 22.5. The maximum Gasteiger partial charge on any atom is 0.243 e. The molecule has 156 valence electrons. The van der Waals surface area contributed by atoms with Crippen molar-refractivity contribution in [1.29, 1.82) is 0 Å². The van der Waals surface area contributed by atoms with E-state index in [1.165, 1.54) is 102 Å². The molecule has 1 N–H and O–H groups in total. The van der Waals surface area contributed by atoms with Gasteiger partial charge in [-0.25, -0.2) is 0 Å². The van der Waals surface area contributed by atoms with Gasteiger partial charge in [-0.1, -0.05) is 103 Å². The van der Waals surface area contributed by atoms with Gasteiger partial charge in [0.2, 0.25) is 5.91 Å². The third kappa shape index (κ3) is 9.30. The van der Waals surface area contributed by atoms with Crippen LogP contribution >= 0.6 is 0 Å². The van der Waals surface area contributed by atoms with Gasteiger partial charge in [-0.05, 0) is 42.6 Å². The van der Waals surface area contributed by atoms with Crippen molar-refractivity contribution in [3.8, 4) is 0 Å². The van der Waals surface area contributed by atoms with Crippen LogP contribution in [0.4, 0.5) is 0 Å². The van der Waals surface area contributed by atoms with Crippen molar-refractivity contribution < 1.29 is 4.79 Å². The van der Waals surface area contributed by atoms with Crippen molar-refractivity contribution in [2.24, 2.45) is 23.7 Å². The second-order valence-electron chi connectivity index (χ2n) is 9.48. The molecule has 2 fully saturated rings. The smallest absolute Gasteiger partial charge is 0.243 e. The average molecular weight is 376 g/mol. The van der Waals surface area contributed by atoms with Gasteiger partial charge in [0.25, 0.3) is 0 Å². The molecule has 0 bridgehead atoms. The van der Waals surface area contributed by atoms with Gasteiger partial charge in [-0.3, -0.25) is 4.79 Å². The van der Waals surface area contributed by atoms with Crippen LogP contribution < -0.4 is 5.32 Å². The summed E-state index contributed by atoms with van der Waals surface area (Å²) in [6, 6.07) is 0. The maximum absolute atomic E-state index is 11.2. The van der Waals surface area contributed by atoms with Crippen molar-refractivity contribution in [3.63, 3.8) is 0 Å². The van der Waals surface area contributed by atoms with Gasteiger partial charge in [0.05, 0.1) is 0 Å². The quantitative estimate of drug-likeness (QED) is 0.287. The number of nitrogens with one attached hydrogen (secondary N) is 1. The summed E-state index contributed by atoms with van der Waals surface area (Å²) in [5.74, 6) is 3.97. The van der Waals surface area contributed by atoms with Crippen LogP contribution in [0.3, 0.4) is 0 Å². The number of rotatable bonds is 12. The third-order valence-corrected chi connectivity index (χ3v) is 7.41. The maximum atomic E-state index is 11.2. The van der Waals surface area contributed by atoms with Crippen LogP contribution in [-0.2, 0) is 4.79 Å². The van der Waals surface area contributed by atoms with Crippen molar-refractivity contribution in [1.82, 2.24) is 5.32 Å². The lowest BCUT2D eigenvalue weighted by Crippen LogP contribution is -2.23. The molecule has 2 heteroatoms. The molecule has 2 rings (SSSR count). The molecule has 2 aliphatic carbocycles. The van der Waals surface area contributed by atoms with Gasteiger partial charge < -0.3 is 5.32 Å². The van der Waals surface area contributed by atoms with Crippen LogP contribution in [-0.4, -0.2) is 12.5 Å². The molecule has 2 aliphatic rings. The molecule has 2 nitrogen and oxygen atoms in total. The Morgan fingerprint density at radius 3 is 1.67 bits per heavy atom. The Morgan fingerprint density at radius 1 is 0.778 bits per heavy atom. The molecule has 0 saturated heterocycles. The monoisotopic (exact) mass is 375 g/mol. The van der Waals surface area contributed by atoms with E-state index in [0.717, 1.165) is 36.6 Å². The molecule has 0 radical (unpaired) electrons. The SMILES string of the molecule is C=CC(=O)NCCCC1CCC(CCC2CCC(CCCCC)CC2)CC1. The lowest BCUT2D eigenvalue weighted by atomic mass is 9.74. The first-order valence-corrected chi connectivity index (χ1v) is 12.1. The van der Waals surface area contributed by atoms with Crippen molar-refractivity contribution in [2.45, 2.75) is 110 Å². The van der Waals surface area contributed by atoms with Crippen LogP contribution in [0, 0.1) is 23.7 Å². The van der Waals surface area contributed by atoms with Gasteiger partial charge in [-0.2, -0.15) is 0 Å². The average Bonchev–Trinajstić information content (AvgIpc) is 2.71. The zero-order valence-corrected chi connectivity index (χ0v) is 18.0. The lowest BCUT2D eigenvalue weighted by molar-refractivity contribution is -0.116. The molecular weight excluding hydrogens is 330 g/mol. The van der Waals surface area contributed by atoms with Crippen LogP contribution in [0.25, 0.3) is 0 Å². The summed E-state index contributed by atoms with van der Waals surface area (Å²) in [6.45, 7) is 6.62. The minimum absolute atomic E-state index is 0.0336. The second-order valence-corrected chi connectivity index (χ2v) is 9.48. The normalized spacial score (nSPS) is 28.6. The highest BCUT2D eigenvalue weighted by atomic mass is 16.1. The first-order chi connectivity index (χ1) is 13.2. The van der Waals surface area contributed by atoms with Crippen molar-refractivity contribution >= 4 is 5.91 Å². The van der Waals surface area contributed by atoms with E-state index in [4.69, 9.17) is 0 Å². The van der Waals surface area contributed by atoms with Gasteiger partial charge in [-0.15, -0.1) is 0 Å². The highest BCUT2D eigenvalue weighted by Gasteiger charge is 2.24. The predicted octanol–water partition coefficient (Wildman–Crippen LogP) is 7.04. The van der Waals surface area contributed by atoms with E-state index in [0.29, 0.717) is 0 Å². The Balaban J connectivity index is 1.48. The Bertz CT molecular complexity index is 403. The summed E-state index contributed by atoms with van der Waals surface area (Å²) < 4.78 is 0. The number of carbonyl (C=O) groups is 1. The topological polar surface area (TPSA) is 29.1 Å². The third-order valence-electron chi connectivity index (χ3n) is 7.41. The second kappa shape index (κ2) is 13.4. The van der Waals surface area contributed by atoms with E-state index in [2.05, 4.69) is 18.8 Å². The minimum atomic E-state index is -0.0336. The number of carbonyl (C=O) groups excluding carboxylic acids is 1. The molecule has 1 amide bonds. The molecule has 0 aromatic heterocycles. The minimum Gasteiger partial charge on any atom is -0.353 e. The first-order valence-electron chi connectivity index (χ1n) is 12.1. The zero-order valence-electron chi connectivity index (χ0n) is 18.0. The molecule has 0 atom stereocenters. The summed E-state index contributed by atoms with van der Waals surface area (Å²) >= 11 is 0. The summed E-state index contributed by atoms with van der Waals surface area (Å²) in [6.07, 6.45) is 24.4. The number of hydrogen-bond donors (Lipinski definition) is 1. The largest absolute Gasteiger partial charge is 0.353 e. The van der Waals surface area contributed by atoms with E-state index in [1.807, 2.05) is 0 Å². The Labute approximate surface area is 169 Å². The Kier molecular flexibility index (Phi) is 11.2. The highest BCUT2D eigenvalue weighted by Crippen LogP contribution is 2.38. The summed E-state index contributed by atoms with van der Waals surface area (Å²) in [7, 11) is 0. The molecule has 0 aromatic carbocycles. The highest BCUT2D eigenvalue weighted by molar-refractivity contribution is 5.86. The fourth-order valence-electron chi connectivity index (χ4n) is 5.45. The summed E-state index contributed by atoms with van der Waals surface area (Å²) in [4.78, 5) is 11.2. The molecule has 0 unspecified atom stereocenters. The van der Waals surface area contributed by atoms with Gasteiger partial charge in [0, 0.05) is 6.54 Å². The molecule has 27 heavy (non-hydrogen) atoms. The standard InChI is InChI=1S/C25H45NO/c1-3-5-6-8-21-10-14-23(15-11-21)18-19-24-16-12-22(13-17-24)9-7-20-26-25(27)4-2/h4,21-24H,2-3,5-20H2,1H3,(H,26,27). The molecular formula is C25H45NO. The molecule has 0 spiro atoms. The molecule has 0 heterocycles. The molecule has 0 aliphatic heterocycles. The zero-order chi connectivity index (χ0) is 19.3. The van der Waals surface area contributed by atoms with Crippen LogP contribution in [0.2, 0.25) is 0 Å². The van der Waals surface area contributed by atoms with E-state index in [1.54, 1.807) is 0 Å². The van der Waals surface area contributed by atoms with E-state index < -0.39 is 0 Å². The molecule has 0 aromatic rings. The van der Waals surface area contributed by atoms with Crippen molar-refractivity contribution in [3.05, 3.63) is 12.7 Å². The van der Waals surface area contributed by atoms with Gasteiger partial charge in [0.15, 0.2) is 0 Å². The number of unbranched alkanes of at least 4 members (excludes halogenated alkanes) is 2. The van der Waals surface area contributed by atoms with Crippen LogP contribution in [0.15, 0.2) is 12.7 Å². The van der Waals surface area contributed by atoms with E-state index in [9.17, 15) is 4.79 Å². The van der Waals surface area contributed by atoms with Crippen LogP contribution in [0.5, 0.6) is 0 Å². The Morgan fingerprint density at radius 2 is 1.22 bits per heavy atom. The van der Waals surface area contributed by atoms with E-state index >= 15 is 0 Å². The van der Waals surface area contributed by atoms with Crippen molar-refractivity contribution in [2.75, 3.05) is 6.54 Å². The molecule has 2 saturated carbocycles.